The molecule has 1 aromatic heterocycles. The number of imidazole rings is 1. The predicted octanol–water partition coefficient (Wildman–Crippen LogP) is 2.67. The highest BCUT2D eigenvalue weighted by molar-refractivity contribution is 7.99. The molecule has 2 N–H and O–H groups in total. The minimum absolute atomic E-state index is 0.367. The molecule has 5 heteroatoms. The van der Waals surface area contributed by atoms with Crippen molar-refractivity contribution in [1.29, 1.82) is 0 Å². The lowest BCUT2D eigenvalue weighted by atomic mass is 10.3. The Morgan fingerprint density at radius 1 is 1.56 bits per heavy atom. The molecule has 0 bridgehead atoms. The Morgan fingerprint density at radius 3 is 3.00 bits per heavy atom. The van der Waals surface area contributed by atoms with Crippen molar-refractivity contribution in [3.05, 3.63) is 23.2 Å². The van der Waals surface area contributed by atoms with Crippen LogP contribution in [0.15, 0.2) is 23.4 Å². The Kier molecular flexibility index (Phi) is 3.42. The number of thioether (sulfide) groups is 1. The SMILES string of the molecule is CC(CN)Sc1nc2cc(Cl)ccc2n1C. The van der Waals surface area contributed by atoms with Gasteiger partial charge < -0.3 is 10.3 Å². The molecule has 0 saturated carbocycles. The van der Waals surface area contributed by atoms with Gasteiger partial charge in [0, 0.05) is 23.9 Å². The van der Waals surface area contributed by atoms with Crippen LogP contribution in [0.3, 0.4) is 0 Å². The molecule has 0 radical (unpaired) electrons. The average Bonchev–Trinajstić information content (AvgIpc) is 2.55. The number of hydrogen-bond donors (Lipinski definition) is 1. The van der Waals surface area contributed by atoms with Gasteiger partial charge in [-0.3, -0.25) is 0 Å². The van der Waals surface area contributed by atoms with E-state index < -0.39 is 0 Å². The fourth-order valence-electron chi connectivity index (χ4n) is 1.48. The number of benzene rings is 1. The van der Waals surface area contributed by atoms with Crippen LogP contribution in [0.1, 0.15) is 6.92 Å². The van der Waals surface area contributed by atoms with E-state index in [-0.39, 0.29) is 0 Å². The van der Waals surface area contributed by atoms with Crippen LogP contribution in [0.4, 0.5) is 0 Å². The zero-order valence-electron chi connectivity index (χ0n) is 9.27. The van der Waals surface area contributed by atoms with Crippen molar-refractivity contribution in [1.82, 2.24) is 9.55 Å². The predicted molar refractivity (Wildman–Crippen MR) is 70.1 cm³/mol. The molecule has 2 aromatic rings. The maximum absolute atomic E-state index is 5.94. The monoisotopic (exact) mass is 255 g/mol. The number of aryl methyl sites for hydroxylation is 1. The lowest BCUT2D eigenvalue weighted by molar-refractivity contribution is 0.807. The summed E-state index contributed by atoms with van der Waals surface area (Å²) in [6.45, 7) is 2.74. The van der Waals surface area contributed by atoms with Gasteiger partial charge in [-0.25, -0.2) is 4.98 Å². The molecule has 0 aliphatic heterocycles. The number of fused-ring (bicyclic) bond motifs is 1. The summed E-state index contributed by atoms with van der Waals surface area (Å²) in [6, 6.07) is 5.75. The fourth-order valence-corrected chi connectivity index (χ4v) is 2.51. The molecule has 0 aliphatic rings. The third-order valence-corrected chi connectivity index (χ3v) is 3.85. The summed E-state index contributed by atoms with van der Waals surface area (Å²) in [7, 11) is 2.01. The van der Waals surface area contributed by atoms with Crippen LogP contribution in [-0.2, 0) is 7.05 Å². The fraction of sp³-hybridized carbons (Fsp3) is 0.364. The molecule has 86 valence electrons. The Hall–Kier alpha value is -0.710. The van der Waals surface area contributed by atoms with Crippen molar-refractivity contribution in [2.24, 2.45) is 12.8 Å². The molecule has 0 amide bonds. The van der Waals surface area contributed by atoms with Gasteiger partial charge in [-0.1, -0.05) is 30.3 Å². The first-order valence-electron chi connectivity index (χ1n) is 5.10. The molecule has 0 spiro atoms. The number of rotatable bonds is 3. The van der Waals surface area contributed by atoms with E-state index in [2.05, 4.69) is 16.5 Å². The van der Waals surface area contributed by atoms with E-state index in [0.29, 0.717) is 16.8 Å². The summed E-state index contributed by atoms with van der Waals surface area (Å²) in [5.74, 6) is 0. The number of nitrogens with two attached hydrogens (primary N) is 1. The molecule has 3 nitrogen and oxygen atoms in total. The first-order valence-corrected chi connectivity index (χ1v) is 6.36. The highest BCUT2D eigenvalue weighted by atomic mass is 35.5. The van der Waals surface area contributed by atoms with E-state index in [1.165, 1.54) is 0 Å². The Bertz CT molecular complexity index is 509. The van der Waals surface area contributed by atoms with Crippen molar-refractivity contribution < 1.29 is 0 Å². The van der Waals surface area contributed by atoms with E-state index >= 15 is 0 Å². The Labute approximate surface area is 104 Å². The van der Waals surface area contributed by atoms with Gasteiger partial charge in [0.25, 0.3) is 0 Å². The molecule has 1 atom stereocenters. The van der Waals surface area contributed by atoms with Crippen LogP contribution < -0.4 is 5.73 Å². The second-order valence-corrected chi connectivity index (χ2v) is 5.59. The van der Waals surface area contributed by atoms with Crippen molar-refractivity contribution >= 4 is 34.4 Å². The zero-order valence-corrected chi connectivity index (χ0v) is 10.8. The molecule has 1 aromatic carbocycles. The van der Waals surface area contributed by atoms with Gasteiger partial charge in [-0.05, 0) is 18.2 Å². The summed E-state index contributed by atoms with van der Waals surface area (Å²) in [4.78, 5) is 4.55. The second-order valence-electron chi connectivity index (χ2n) is 3.75. The van der Waals surface area contributed by atoms with Crippen LogP contribution in [0.2, 0.25) is 5.02 Å². The highest BCUT2D eigenvalue weighted by Gasteiger charge is 2.11. The quantitative estimate of drug-likeness (QED) is 0.858. The molecule has 0 fully saturated rings. The highest BCUT2D eigenvalue weighted by Crippen LogP contribution is 2.27. The van der Waals surface area contributed by atoms with Crippen LogP contribution in [0.25, 0.3) is 11.0 Å². The molecule has 1 unspecified atom stereocenters. The molecule has 16 heavy (non-hydrogen) atoms. The summed E-state index contributed by atoms with van der Waals surface area (Å²) < 4.78 is 2.07. The molecule has 2 rings (SSSR count). The Balaban J connectivity index is 2.43. The maximum Gasteiger partial charge on any atom is 0.169 e. The summed E-state index contributed by atoms with van der Waals surface area (Å²) >= 11 is 7.62. The summed E-state index contributed by atoms with van der Waals surface area (Å²) in [6.07, 6.45) is 0. The molecular weight excluding hydrogens is 242 g/mol. The smallest absolute Gasteiger partial charge is 0.169 e. The normalized spacial score (nSPS) is 13.2. The summed E-state index contributed by atoms with van der Waals surface area (Å²) in [5.41, 5.74) is 7.64. The third kappa shape index (κ3) is 2.19. The van der Waals surface area contributed by atoms with E-state index in [0.717, 1.165) is 16.2 Å². The van der Waals surface area contributed by atoms with Crippen molar-refractivity contribution in [3.63, 3.8) is 0 Å². The van der Waals surface area contributed by atoms with Crippen molar-refractivity contribution in [2.45, 2.75) is 17.3 Å². The van der Waals surface area contributed by atoms with E-state index in [9.17, 15) is 0 Å². The second kappa shape index (κ2) is 4.65. The van der Waals surface area contributed by atoms with Crippen molar-refractivity contribution in [2.75, 3.05) is 6.54 Å². The number of halogens is 1. The van der Waals surface area contributed by atoms with E-state index in [1.807, 2.05) is 25.2 Å². The van der Waals surface area contributed by atoms with Gasteiger partial charge in [0.15, 0.2) is 5.16 Å². The van der Waals surface area contributed by atoms with Gasteiger partial charge in [0.05, 0.1) is 11.0 Å². The Morgan fingerprint density at radius 2 is 2.31 bits per heavy atom. The van der Waals surface area contributed by atoms with E-state index in [1.54, 1.807) is 11.8 Å². The van der Waals surface area contributed by atoms with Crippen LogP contribution >= 0.6 is 23.4 Å². The van der Waals surface area contributed by atoms with E-state index in [4.69, 9.17) is 17.3 Å². The van der Waals surface area contributed by atoms with Crippen molar-refractivity contribution in [3.8, 4) is 0 Å². The first kappa shape index (κ1) is 11.8. The zero-order chi connectivity index (χ0) is 11.7. The molecule has 0 saturated heterocycles. The molecule has 1 heterocycles. The molecule has 0 aliphatic carbocycles. The van der Waals surface area contributed by atoms with Gasteiger partial charge in [0.2, 0.25) is 0 Å². The lowest BCUT2D eigenvalue weighted by Crippen LogP contribution is -2.13. The van der Waals surface area contributed by atoms with Gasteiger partial charge in [-0.15, -0.1) is 0 Å². The standard InChI is InChI=1S/C11H14ClN3S/c1-7(6-13)16-11-14-9-5-8(12)3-4-10(9)15(11)2/h3-5,7H,6,13H2,1-2H3. The van der Waals surface area contributed by atoms with Crippen LogP contribution in [0.5, 0.6) is 0 Å². The minimum Gasteiger partial charge on any atom is -0.329 e. The van der Waals surface area contributed by atoms with Gasteiger partial charge >= 0.3 is 0 Å². The number of aromatic nitrogens is 2. The van der Waals surface area contributed by atoms with Gasteiger partial charge in [0.1, 0.15) is 0 Å². The number of hydrogen-bond acceptors (Lipinski definition) is 3. The maximum atomic E-state index is 5.94. The molecular formula is C11H14ClN3S. The van der Waals surface area contributed by atoms with Gasteiger partial charge in [-0.2, -0.15) is 0 Å². The topological polar surface area (TPSA) is 43.8 Å². The number of nitrogens with zero attached hydrogens (tertiary/aromatic N) is 2. The first-order chi connectivity index (χ1) is 7.61. The van der Waals surface area contributed by atoms with Crippen LogP contribution in [0, 0.1) is 0 Å². The average molecular weight is 256 g/mol. The summed E-state index contributed by atoms with van der Waals surface area (Å²) in [5, 5.41) is 2.07. The minimum atomic E-state index is 0.367. The third-order valence-electron chi connectivity index (χ3n) is 2.44. The lowest BCUT2D eigenvalue weighted by Gasteiger charge is -2.07. The van der Waals surface area contributed by atoms with Crippen LogP contribution in [-0.4, -0.2) is 21.3 Å². The largest absolute Gasteiger partial charge is 0.329 e.